The molecule has 0 saturated carbocycles. The predicted octanol–water partition coefficient (Wildman–Crippen LogP) is -1.95. The first-order valence-corrected chi connectivity index (χ1v) is 4.94. The minimum Gasteiger partial charge on any atom is -0.548 e. The number of hydrogen-bond acceptors (Lipinski definition) is 2. The summed E-state index contributed by atoms with van der Waals surface area (Å²) < 4.78 is 0. The van der Waals surface area contributed by atoms with Gasteiger partial charge in [-0.1, -0.05) is 42.5 Å². The summed E-state index contributed by atoms with van der Waals surface area (Å²) in [6.07, 6.45) is 13.9. The van der Waals surface area contributed by atoms with Gasteiger partial charge in [0.1, 0.15) is 0 Å². The maximum absolute atomic E-state index is 11.3. The molecule has 0 aromatic heterocycles. The Kier molecular flexibility index (Phi) is 3.25. The fourth-order valence-corrected chi connectivity index (χ4v) is 2.37. The molecule has 3 aliphatic carbocycles. The average molecular weight is 236 g/mol. The van der Waals surface area contributed by atoms with Crippen molar-refractivity contribution >= 4 is 5.97 Å². The van der Waals surface area contributed by atoms with E-state index in [-0.39, 0.29) is 51.4 Å². The summed E-state index contributed by atoms with van der Waals surface area (Å²) in [5.74, 6) is -1.03. The van der Waals surface area contributed by atoms with Gasteiger partial charge >= 0.3 is 51.4 Å². The van der Waals surface area contributed by atoms with E-state index in [0.29, 0.717) is 6.42 Å². The number of carboxylic acids is 1. The Hall–Kier alpha value is -0.194. The van der Waals surface area contributed by atoms with Crippen molar-refractivity contribution < 1.29 is 61.3 Å². The average Bonchev–Trinajstić information content (AvgIpc) is 2.78. The molecular weight excluding hydrogens is 227 g/mol. The minimum atomic E-state index is -1.03. The number of rotatable bonds is 1. The summed E-state index contributed by atoms with van der Waals surface area (Å²) in [5.41, 5.74) is 2.00. The van der Waals surface area contributed by atoms with Crippen LogP contribution in [-0.2, 0) is 4.79 Å². The Morgan fingerprint density at radius 1 is 1.38 bits per heavy atom. The van der Waals surface area contributed by atoms with E-state index in [1.54, 1.807) is 12.2 Å². The molecule has 0 amide bonds. The summed E-state index contributed by atoms with van der Waals surface area (Å²) in [6, 6.07) is 0. The van der Waals surface area contributed by atoms with E-state index in [2.05, 4.69) is 0 Å². The van der Waals surface area contributed by atoms with Crippen LogP contribution >= 0.6 is 0 Å². The quantitative estimate of drug-likeness (QED) is 0.392. The molecule has 3 rings (SSSR count). The van der Waals surface area contributed by atoms with Gasteiger partial charge in [-0.2, -0.15) is 0 Å². The van der Waals surface area contributed by atoms with Gasteiger partial charge in [0.2, 0.25) is 0 Å². The van der Waals surface area contributed by atoms with Crippen LogP contribution in [-0.4, -0.2) is 5.97 Å². The first-order valence-electron chi connectivity index (χ1n) is 4.94. The Morgan fingerprint density at radius 2 is 2.19 bits per heavy atom. The van der Waals surface area contributed by atoms with Crippen molar-refractivity contribution in [2.45, 2.75) is 6.42 Å². The molecule has 0 N–H and O–H groups in total. The third-order valence-corrected chi connectivity index (χ3v) is 3.19. The molecular formula is C13H9KO2. The number of allylic oxidation sites excluding steroid dienone is 7. The van der Waals surface area contributed by atoms with E-state index in [9.17, 15) is 9.90 Å². The molecule has 0 bridgehead atoms. The second-order valence-electron chi connectivity index (χ2n) is 4.01. The number of carbonyl (C=O) groups is 1. The van der Waals surface area contributed by atoms with E-state index < -0.39 is 11.4 Å². The van der Waals surface area contributed by atoms with Gasteiger partial charge in [0, 0.05) is 0 Å². The monoisotopic (exact) mass is 236 g/mol. The molecule has 1 atom stereocenters. The summed E-state index contributed by atoms with van der Waals surface area (Å²) in [5, 5.41) is 11.3. The molecule has 2 nitrogen and oxygen atoms in total. The van der Waals surface area contributed by atoms with E-state index in [1.165, 1.54) is 0 Å². The zero-order valence-electron chi connectivity index (χ0n) is 9.07. The summed E-state index contributed by atoms with van der Waals surface area (Å²) in [7, 11) is 0. The molecule has 0 aromatic rings. The van der Waals surface area contributed by atoms with Crippen molar-refractivity contribution in [3.05, 3.63) is 59.3 Å². The molecule has 0 aliphatic heterocycles. The van der Waals surface area contributed by atoms with Crippen molar-refractivity contribution in [2.24, 2.45) is 5.41 Å². The normalized spacial score (nSPS) is 28.6. The van der Waals surface area contributed by atoms with Crippen molar-refractivity contribution in [3.8, 4) is 0 Å². The Balaban J connectivity index is 0.000000963. The molecule has 0 fully saturated rings. The third kappa shape index (κ3) is 1.58. The molecule has 0 spiro atoms. The van der Waals surface area contributed by atoms with Crippen molar-refractivity contribution in [1.82, 2.24) is 0 Å². The molecule has 1 unspecified atom stereocenters. The largest absolute Gasteiger partial charge is 1.00 e. The second-order valence-corrected chi connectivity index (χ2v) is 4.01. The van der Waals surface area contributed by atoms with Crippen LogP contribution in [0, 0.1) is 5.41 Å². The van der Waals surface area contributed by atoms with Crippen molar-refractivity contribution in [2.75, 3.05) is 0 Å². The van der Waals surface area contributed by atoms with E-state index in [1.807, 2.05) is 30.4 Å². The maximum atomic E-state index is 11.3. The molecule has 0 saturated heterocycles. The molecule has 0 aromatic carbocycles. The molecule has 0 heterocycles. The molecule has 3 aliphatic rings. The van der Waals surface area contributed by atoms with Crippen LogP contribution in [0.4, 0.5) is 0 Å². The van der Waals surface area contributed by atoms with Gasteiger partial charge in [-0.15, -0.1) is 0 Å². The van der Waals surface area contributed by atoms with E-state index in [4.69, 9.17) is 0 Å². The van der Waals surface area contributed by atoms with Gasteiger partial charge in [0.15, 0.2) is 0 Å². The summed E-state index contributed by atoms with van der Waals surface area (Å²) >= 11 is 0. The Labute approximate surface area is 137 Å². The maximum Gasteiger partial charge on any atom is 1.00 e. The zero-order chi connectivity index (χ0) is 10.5. The van der Waals surface area contributed by atoms with Crippen LogP contribution < -0.4 is 56.5 Å². The summed E-state index contributed by atoms with van der Waals surface area (Å²) in [6.45, 7) is 0. The van der Waals surface area contributed by atoms with E-state index in [0.717, 1.165) is 16.7 Å². The Morgan fingerprint density at radius 3 is 2.94 bits per heavy atom. The van der Waals surface area contributed by atoms with Gasteiger partial charge in [0.25, 0.3) is 0 Å². The Bertz CT molecular complexity index is 506. The van der Waals surface area contributed by atoms with Gasteiger partial charge in [-0.25, -0.2) is 0 Å². The van der Waals surface area contributed by atoms with Crippen LogP contribution in [0.25, 0.3) is 0 Å². The van der Waals surface area contributed by atoms with Gasteiger partial charge in [0.05, 0.1) is 11.4 Å². The van der Waals surface area contributed by atoms with Crippen LogP contribution in [0.3, 0.4) is 0 Å². The van der Waals surface area contributed by atoms with Gasteiger partial charge < -0.3 is 9.90 Å². The van der Waals surface area contributed by atoms with Crippen molar-refractivity contribution in [3.63, 3.8) is 0 Å². The second kappa shape index (κ2) is 4.24. The van der Waals surface area contributed by atoms with Gasteiger partial charge in [-0.3, -0.25) is 0 Å². The fraction of sp³-hybridized carbons (Fsp3) is 0.154. The van der Waals surface area contributed by atoms with Crippen molar-refractivity contribution in [1.29, 1.82) is 0 Å². The first-order chi connectivity index (χ1) is 7.22. The van der Waals surface area contributed by atoms with Crippen LogP contribution in [0.1, 0.15) is 6.42 Å². The van der Waals surface area contributed by atoms with E-state index >= 15 is 0 Å². The predicted molar refractivity (Wildman–Crippen MR) is 54.6 cm³/mol. The van der Waals surface area contributed by atoms with Crippen LogP contribution in [0.2, 0.25) is 0 Å². The smallest absolute Gasteiger partial charge is 0.548 e. The summed E-state index contributed by atoms with van der Waals surface area (Å²) in [4.78, 5) is 11.3. The molecule has 74 valence electrons. The van der Waals surface area contributed by atoms with Crippen LogP contribution in [0.15, 0.2) is 59.3 Å². The first kappa shape index (κ1) is 12.3. The number of aliphatic carboxylic acids is 1. The number of carbonyl (C=O) groups excluding carboxylic acids is 1. The number of carboxylic acid groups (broad SMARTS) is 1. The van der Waals surface area contributed by atoms with Gasteiger partial charge in [-0.05, 0) is 23.1 Å². The topological polar surface area (TPSA) is 40.1 Å². The minimum absolute atomic E-state index is 0. The fourth-order valence-electron chi connectivity index (χ4n) is 2.37. The SMILES string of the molecule is O=C([O-])C12C=CCC1=CC1=CC=CC1=C2.[K+]. The third-order valence-electron chi connectivity index (χ3n) is 3.19. The molecule has 16 heavy (non-hydrogen) atoms. The zero-order valence-corrected chi connectivity index (χ0v) is 12.2. The molecule has 3 heteroatoms. The van der Waals surface area contributed by atoms with Crippen LogP contribution in [0.5, 0.6) is 0 Å². The molecule has 0 radical (unpaired) electrons. The standard InChI is InChI=1S/C13H10O2.K/c14-12(15)13-6-2-5-11(13)7-9-3-1-4-10(9)8-13;/h1-4,6-8H,5H2,(H,14,15);/q;+1/p-1. The number of hydrogen-bond donors (Lipinski definition) is 0. The number of fused-ring (bicyclic) bond motifs is 2.